The highest BCUT2D eigenvalue weighted by Gasteiger charge is 2.20. The first-order valence-corrected chi connectivity index (χ1v) is 10.00. The maximum absolute atomic E-state index is 10.5. The number of hydrogen-bond donors (Lipinski definition) is 1. The normalized spacial score (nSPS) is 11.7. The summed E-state index contributed by atoms with van der Waals surface area (Å²) in [7, 11) is 0. The van der Waals surface area contributed by atoms with Gasteiger partial charge in [-0.3, -0.25) is 0 Å². The van der Waals surface area contributed by atoms with Gasteiger partial charge in [0.1, 0.15) is 11.6 Å². The van der Waals surface area contributed by atoms with Gasteiger partial charge in [-0.05, 0) is 39.9 Å². The number of nitrogens with zero attached hydrogens (tertiary/aromatic N) is 2. The highest BCUT2D eigenvalue weighted by molar-refractivity contribution is 7.13. The lowest BCUT2D eigenvalue weighted by Crippen LogP contribution is -2.09. The minimum absolute atomic E-state index is 0.126. The van der Waals surface area contributed by atoms with Crippen LogP contribution in [0.2, 0.25) is 0 Å². The van der Waals surface area contributed by atoms with Crippen molar-refractivity contribution in [1.29, 1.82) is 5.26 Å². The minimum atomic E-state index is -1.21. The molecule has 0 fully saturated rings. The number of benzene rings is 1. The average molecular weight is 390 g/mol. The fourth-order valence-corrected chi connectivity index (χ4v) is 4.04. The van der Waals surface area contributed by atoms with E-state index in [4.69, 9.17) is 4.74 Å². The fraction of sp³-hybridized carbons (Fsp3) is 0.0476. The number of aliphatic hydroxyl groups is 1. The summed E-state index contributed by atoms with van der Waals surface area (Å²) >= 11 is 3.11. The molecule has 4 aromatic rings. The van der Waals surface area contributed by atoms with Gasteiger partial charge in [0.25, 0.3) is 0 Å². The second-order valence-electron chi connectivity index (χ2n) is 5.72. The van der Waals surface area contributed by atoms with Crippen molar-refractivity contribution in [2.45, 2.75) is 6.29 Å². The third-order valence-corrected chi connectivity index (χ3v) is 5.59. The van der Waals surface area contributed by atoms with Crippen LogP contribution in [-0.2, 0) is 0 Å². The van der Waals surface area contributed by atoms with Crippen molar-refractivity contribution in [3.8, 4) is 33.6 Å². The third kappa shape index (κ3) is 3.62. The van der Waals surface area contributed by atoms with E-state index >= 15 is 0 Å². The highest BCUT2D eigenvalue weighted by atomic mass is 32.1. The number of aromatic nitrogens is 1. The number of thiophene rings is 2. The van der Waals surface area contributed by atoms with Gasteiger partial charge >= 0.3 is 0 Å². The second kappa shape index (κ2) is 7.72. The number of aliphatic hydroxyl groups excluding tert-OH is 1. The van der Waals surface area contributed by atoms with Crippen LogP contribution in [0.15, 0.2) is 70.7 Å². The van der Waals surface area contributed by atoms with E-state index in [0.717, 1.165) is 16.0 Å². The average Bonchev–Trinajstić information content (AvgIpc) is 3.42. The molecule has 0 saturated carbocycles. The zero-order valence-electron chi connectivity index (χ0n) is 14.1. The summed E-state index contributed by atoms with van der Waals surface area (Å²) in [6.45, 7) is 0. The lowest BCUT2D eigenvalue weighted by Gasteiger charge is -2.16. The molecule has 3 heterocycles. The maximum atomic E-state index is 10.5. The van der Waals surface area contributed by atoms with Crippen molar-refractivity contribution < 1.29 is 9.84 Å². The van der Waals surface area contributed by atoms with Crippen LogP contribution in [0.3, 0.4) is 0 Å². The van der Waals surface area contributed by atoms with Crippen LogP contribution in [0.5, 0.6) is 5.88 Å². The fourth-order valence-electron chi connectivity index (χ4n) is 2.70. The predicted octanol–water partition coefficient (Wildman–Crippen LogP) is 5.48. The Labute approximate surface area is 164 Å². The molecule has 0 aliphatic rings. The predicted molar refractivity (Wildman–Crippen MR) is 108 cm³/mol. The van der Waals surface area contributed by atoms with Crippen LogP contribution in [-0.4, -0.2) is 10.1 Å². The largest absolute Gasteiger partial charge is 0.442 e. The van der Waals surface area contributed by atoms with Gasteiger partial charge in [-0.1, -0.05) is 36.4 Å². The SMILES string of the molecule is N#Cc1c(-c2ccsc2)cc(-c2cccs2)nc1OC(O)c1ccccc1. The van der Waals surface area contributed by atoms with E-state index in [1.54, 1.807) is 34.8 Å². The Kier molecular flexibility index (Phi) is 4.99. The molecule has 1 N–H and O–H groups in total. The molecule has 0 amide bonds. The van der Waals surface area contributed by atoms with Gasteiger partial charge < -0.3 is 9.84 Å². The molecule has 0 aliphatic heterocycles. The molecule has 0 bridgehead atoms. The van der Waals surface area contributed by atoms with Gasteiger partial charge in [0.05, 0.1) is 10.6 Å². The summed E-state index contributed by atoms with van der Waals surface area (Å²) in [5.41, 5.74) is 3.29. The van der Waals surface area contributed by atoms with E-state index in [1.165, 1.54) is 0 Å². The highest BCUT2D eigenvalue weighted by Crippen LogP contribution is 2.36. The van der Waals surface area contributed by atoms with E-state index in [2.05, 4.69) is 11.1 Å². The van der Waals surface area contributed by atoms with Crippen LogP contribution >= 0.6 is 22.7 Å². The van der Waals surface area contributed by atoms with Gasteiger partial charge in [-0.25, -0.2) is 4.98 Å². The zero-order valence-corrected chi connectivity index (χ0v) is 15.7. The Morgan fingerprint density at radius 1 is 1.07 bits per heavy atom. The van der Waals surface area contributed by atoms with Crippen molar-refractivity contribution in [3.63, 3.8) is 0 Å². The van der Waals surface area contributed by atoms with Crippen molar-refractivity contribution in [2.75, 3.05) is 0 Å². The van der Waals surface area contributed by atoms with Gasteiger partial charge in [-0.2, -0.15) is 16.6 Å². The summed E-state index contributed by atoms with van der Waals surface area (Å²) < 4.78 is 5.73. The van der Waals surface area contributed by atoms with Crippen LogP contribution in [0.25, 0.3) is 21.7 Å². The van der Waals surface area contributed by atoms with Crippen molar-refractivity contribution in [2.24, 2.45) is 0 Å². The van der Waals surface area contributed by atoms with Crippen molar-refractivity contribution in [3.05, 3.63) is 81.9 Å². The Morgan fingerprint density at radius 3 is 2.59 bits per heavy atom. The van der Waals surface area contributed by atoms with Gasteiger partial charge in [0, 0.05) is 11.1 Å². The number of hydrogen-bond acceptors (Lipinski definition) is 6. The Morgan fingerprint density at radius 2 is 1.93 bits per heavy atom. The van der Waals surface area contributed by atoms with Crippen molar-refractivity contribution in [1.82, 2.24) is 4.98 Å². The summed E-state index contributed by atoms with van der Waals surface area (Å²) in [6.07, 6.45) is -1.21. The van der Waals surface area contributed by atoms with E-state index in [9.17, 15) is 10.4 Å². The summed E-state index contributed by atoms with van der Waals surface area (Å²) in [6, 6.07) is 19.0. The molecule has 0 radical (unpaired) electrons. The Balaban J connectivity index is 1.83. The van der Waals surface area contributed by atoms with Crippen LogP contribution in [0.4, 0.5) is 0 Å². The third-order valence-electron chi connectivity index (χ3n) is 4.01. The van der Waals surface area contributed by atoms with Crippen LogP contribution < -0.4 is 4.74 Å². The molecular formula is C21H14N2O2S2. The first kappa shape index (κ1) is 17.4. The smallest absolute Gasteiger partial charge is 0.235 e. The molecule has 0 spiro atoms. The first-order valence-electron chi connectivity index (χ1n) is 8.17. The molecule has 132 valence electrons. The molecular weight excluding hydrogens is 376 g/mol. The van der Waals surface area contributed by atoms with Crippen LogP contribution in [0, 0.1) is 11.3 Å². The molecule has 6 heteroatoms. The quantitative estimate of drug-likeness (QED) is 0.458. The lowest BCUT2D eigenvalue weighted by atomic mass is 10.0. The van der Waals surface area contributed by atoms with E-state index in [-0.39, 0.29) is 5.88 Å². The van der Waals surface area contributed by atoms with Gasteiger partial charge in [0.15, 0.2) is 0 Å². The van der Waals surface area contributed by atoms with E-state index in [0.29, 0.717) is 16.8 Å². The number of nitriles is 1. The zero-order chi connectivity index (χ0) is 18.6. The van der Waals surface area contributed by atoms with Crippen molar-refractivity contribution >= 4 is 22.7 Å². The molecule has 4 rings (SSSR count). The van der Waals surface area contributed by atoms with E-state index < -0.39 is 6.29 Å². The molecule has 1 aromatic carbocycles. The Hall–Kier alpha value is -2.98. The molecule has 4 nitrogen and oxygen atoms in total. The summed E-state index contributed by atoms with van der Waals surface area (Å²) in [4.78, 5) is 5.50. The molecule has 0 aliphatic carbocycles. The lowest BCUT2D eigenvalue weighted by molar-refractivity contribution is -0.0228. The molecule has 1 unspecified atom stereocenters. The van der Waals surface area contributed by atoms with Gasteiger partial charge in [-0.15, -0.1) is 11.3 Å². The summed E-state index contributed by atoms with van der Waals surface area (Å²) in [5, 5.41) is 26.1. The van der Waals surface area contributed by atoms with Gasteiger partial charge in [0.2, 0.25) is 12.2 Å². The molecule has 27 heavy (non-hydrogen) atoms. The molecule has 0 saturated heterocycles. The first-order chi connectivity index (χ1) is 13.3. The van der Waals surface area contributed by atoms with Crippen LogP contribution in [0.1, 0.15) is 17.4 Å². The minimum Gasteiger partial charge on any atom is -0.442 e. The Bertz CT molecular complexity index is 1070. The number of pyridine rings is 1. The number of rotatable bonds is 5. The monoisotopic (exact) mass is 390 g/mol. The molecule has 1 atom stereocenters. The van der Waals surface area contributed by atoms with E-state index in [1.807, 2.05) is 58.6 Å². The molecule has 3 aromatic heterocycles. The second-order valence-corrected chi connectivity index (χ2v) is 7.44. The number of ether oxygens (including phenoxy) is 1. The topological polar surface area (TPSA) is 66.1 Å². The maximum Gasteiger partial charge on any atom is 0.235 e. The summed E-state index contributed by atoms with van der Waals surface area (Å²) in [5.74, 6) is 0.126. The standard InChI is InChI=1S/C21H14N2O2S2/c22-12-17-16(15-8-10-26-13-15)11-18(19-7-4-9-27-19)23-20(17)25-21(24)14-5-2-1-3-6-14/h1-11,13,21,24H.